The molecule has 0 aromatic rings. The van der Waals surface area contributed by atoms with Crippen LogP contribution in [-0.4, -0.2) is 31.0 Å². The summed E-state index contributed by atoms with van der Waals surface area (Å²) < 4.78 is 12.3. The molecule has 1 aliphatic heterocycles. The summed E-state index contributed by atoms with van der Waals surface area (Å²) >= 11 is 1.76. The molecule has 2 nitrogen and oxygen atoms in total. The van der Waals surface area contributed by atoms with Gasteiger partial charge in [-0.25, -0.2) is 0 Å². The second-order valence-corrected chi connectivity index (χ2v) is 10.2. The Kier molecular flexibility index (Phi) is 2.98. The first-order chi connectivity index (χ1) is 8.33. The largest absolute Gasteiger partial charge is 0.387 e. The first-order valence-electron chi connectivity index (χ1n) is 7.04. The van der Waals surface area contributed by atoms with Crippen LogP contribution in [0.2, 0.25) is 0 Å². The third kappa shape index (κ3) is 1.43. The van der Waals surface area contributed by atoms with Crippen molar-refractivity contribution in [3.8, 4) is 0 Å². The number of hydrogen-bond acceptors (Lipinski definition) is 3. The lowest BCUT2D eigenvalue weighted by molar-refractivity contribution is -0.0771. The molecule has 0 aromatic carbocycles. The summed E-state index contributed by atoms with van der Waals surface area (Å²) in [6.07, 6.45) is 4.22. The van der Waals surface area contributed by atoms with Crippen molar-refractivity contribution >= 4 is 22.6 Å². The number of fused-ring (bicyclic) bond motifs is 2. The lowest BCUT2D eigenvalue weighted by Crippen LogP contribution is -2.56. The Labute approximate surface area is 117 Å². The molecule has 0 aromatic heterocycles. The fraction of sp³-hybridized carbons (Fsp3) is 1.00. The van der Waals surface area contributed by atoms with Crippen molar-refractivity contribution in [2.45, 2.75) is 56.6 Å². The molecule has 0 amide bonds. The first kappa shape index (κ1) is 13.4. The van der Waals surface area contributed by atoms with Gasteiger partial charge in [0.05, 0.1) is 5.60 Å². The van der Waals surface area contributed by atoms with E-state index in [9.17, 15) is 9.32 Å². The van der Waals surface area contributed by atoms with E-state index in [1.165, 1.54) is 6.42 Å². The summed E-state index contributed by atoms with van der Waals surface area (Å²) in [5, 5.41) is 11.4. The summed E-state index contributed by atoms with van der Waals surface area (Å²) in [7, 11) is -0.855. The molecular formula is C14H24O2S2. The predicted octanol–water partition coefficient (Wildman–Crippen LogP) is 2.78. The maximum absolute atomic E-state index is 12.3. The van der Waals surface area contributed by atoms with Gasteiger partial charge in [-0.3, -0.25) is 4.21 Å². The number of rotatable bonds is 1. The van der Waals surface area contributed by atoms with Gasteiger partial charge in [0.25, 0.3) is 0 Å². The SMILES string of the molecule is CC1(C)[C@@H]2CC[C@@]1(C)[C@@](O)([C@H]1SCCCS1=O)C2. The highest BCUT2D eigenvalue weighted by Gasteiger charge is 2.71. The van der Waals surface area contributed by atoms with Crippen LogP contribution in [-0.2, 0) is 10.8 Å². The van der Waals surface area contributed by atoms with Crippen LogP contribution in [0.4, 0.5) is 0 Å². The Balaban J connectivity index is 1.99. The minimum Gasteiger partial charge on any atom is -0.387 e. The van der Waals surface area contributed by atoms with Crippen LogP contribution in [0.15, 0.2) is 0 Å². The van der Waals surface area contributed by atoms with Crippen molar-refractivity contribution in [3.63, 3.8) is 0 Å². The summed E-state index contributed by atoms with van der Waals surface area (Å²) in [5.41, 5.74) is -0.589. The van der Waals surface area contributed by atoms with Crippen LogP contribution in [0, 0.1) is 16.7 Å². The molecule has 1 N–H and O–H groups in total. The van der Waals surface area contributed by atoms with Crippen LogP contribution < -0.4 is 0 Å². The Morgan fingerprint density at radius 1 is 1.33 bits per heavy atom. The molecule has 3 rings (SSSR count). The van der Waals surface area contributed by atoms with Gasteiger partial charge in [-0.15, -0.1) is 11.8 Å². The summed E-state index contributed by atoms with van der Waals surface area (Å²) in [5.74, 6) is 2.44. The van der Waals surface area contributed by atoms with Crippen LogP contribution in [0.25, 0.3) is 0 Å². The second-order valence-electron chi connectivity index (χ2n) is 7.06. The number of thioether (sulfide) groups is 1. The molecule has 1 heterocycles. The molecule has 2 bridgehead atoms. The van der Waals surface area contributed by atoms with Crippen molar-refractivity contribution in [1.29, 1.82) is 0 Å². The van der Waals surface area contributed by atoms with E-state index >= 15 is 0 Å². The lowest BCUT2D eigenvalue weighted by Gasteiger charge is -2.49. The molecular weight excluding hydrogens is 264 g/mol. The van der Waals surface area contributed by atoms with E-state index in [0.717, 1.165) is 30.8 Å². The normalized spacial score (nSPS) is 54.8. The summed E-state index contributed by atoms with van der Waals surface area (Å²) in [4.78, 5) is 0. The van der Waals surface area contributed by atoms with Gasteiger partial charge < -0.3 is 5.11 Å². The van der Waals surface area contributed by atoms with E-state index in [-0.39, 0.29) is 15.4 Å². The Morgan fingerprint density at radius 3 is 2.56 bits per heavy atom. The molecule has 104 valence electrons. The highest BCUT2D eigenvalue weighted by Crippen LogP contribution is 2.71. The quantitative estimate of drug-likeness (QED) is 0.806. The molecule has 3 fully saturated rings. The molecule has 2 saturated carbocycles. The maximum Gasteiger partial charge on any atom is 0.109 e. The van der Waals surface area contributed by atoms with Gasteiger partial charge >= 0.3 is 0 Å². The molecule has 5 atom stereocenters. The van der Waals surface area contributed by atoms with Crippen LogP contribution in [0.1, 0.15) is 46.5 Å². The first-order valence-corrected chi connectivity index (χ1v) is 9.47. The minimum atomic E-state index is -0.855. The van der Waals surface area contributed by atoms with Crippen LogP contribution in [0.3, 0.4) is 0 Å². The summed E-state index contributed by atoms with van der Waals surface area (Å²) in [6.45, 7) is 6.85. The number of hydrogen-bond donors (Lipinski definition) is 1. The third-order valence-electron chi connectivity index (χ3n) is 6.34. The monoisotopic (exact) mass is 288 g/mol. The van der Waals surface area contributed by atoms with E-state index < -0.39 is 16.4 Å². The van der Waals surface area contributed by atoms with E-state index in [2.05, 4.69) is 20.8 Å². The van der Waals surface area contributed by atoms with Crippen molar-refractivity contribution in [2.75, 3.05) is 11.5 Å². The van der Waals surface area contributed by atoms with Crippen molar-refractivity contribution in [1.82, 2.24) is 0 Å². The zero-order chi connectivity index (χ0) is 13.2. The highest BCUT2D eigenvalue weighted by atomic mass is 32.2. The fourth-order valence-electron chi connectivity index (χ4n) is 4.62. The smallest absolute Gasteiger partial charge is 0.109 e. The van der Waals surface area contributed by atoms with Gasteiger partial charge in [0, 0.05) is 22.0 Å². The van der Waals surface area contributed by atoms with Crippen LogP contribution in [0.5, 0.6) is 0 Å². The highest BCUT2D eigenvalue weighted by molar-refractivity contribution is 8.12. The average molecular weight is 288 g/mol. The zero-order valence-corrected chi connectivity index (χ0v) is 13.2. The van der Waals surface area contributed by atoms with Crippen molar-refractivity contribution in [2.24, 2.45) is 16.7 Å². The van der Waals surface area contributed by atoms with Crippen molar-refractivity contribution in [3.05, 3.63) is 0 Å². The molecule has 3 aliphatic rings. The van der Waals surface area contributed by atoms with Crippen molar-refractivity contribution < 1.29 is 9.32 Å². The van der Waals surface area contributed by atoms with E-state index in [0.29, 0.717) is 5.92 Å². The van der Waals surface area contributed by atoms with E-state index in [1.807, 2.05) is 0 Å². The second kappa shape index (κ2) is 3.98. The molecule has 4 heteroatoms. The van der Waals surface area contributed by atoms with Gasteiger partial charge in [0.1, 0.15) is 4.58 Å². The zero-order valence-electron chi connectivity index (χ0n) is 11.6. The molecule has 1 saturated heterocycles. The van der Waals surface area contributed by atoms with E-state index in [4.69, 9.17) is 0 Å². The Morgan fingerprint density at radius 2 is 2.06 bits per heavy atom. The van der Waals surface area contributed by atoms with Gasteiger partial charge in [-0.05, 0) is 42.8 Å². The Hall–Kier alpha value is 0.460. The molecule has 1 unspecified atom stereocenters. The standard InChI is InChI=1S/C14H24O2S2/c1-12(2)10-5-6-13(12,3)14(15,9-10)11-17-7-4-8-18(11)16/h10-11,15H,4-9H2,1-3H3/t10-,11+,13-,14+,18?/m1/s1. The van der Waals surface area contributed by atoms with Gasteiger partial charge in [0.2, 0.25) is 0 Å². The van der Waals surface area contributed by atoms with Gasteiger partial charge in [-0.2, -0.15) is 0 Å². The van der Waals surface area contributed by atoms with Gasteiger partial charge in [0.15, 0.2) is 0 Å². The molecule has 0 radical (unpaired) electrons. The lowest BCUT2D eigenvalue weighted by atomic mass is 9.65. The van der Waals surface area contributed by atoms with E-state index in [1.54, 1.807) is 11.8 Å². The summed E-state index contributed by atoms with van der Waals surface area (Å²) in [6, 6.07) is 0. The predicted molar refractivity (Wildman–Crippen MR) is 78.1 cm³/mol. The molecule has 0 spiro atoms. The molecule has 2 aliphatic carbocycles. The maximum atomic E-state index is 12.3. The minimum absolute atomic E-state index is 0.0548. The number of aliphatic hydroxyl groups is 1. The topological polar surface area (TPSA) is 37.3 Å². The average Bonchev–Trinajstić information content (AvgIpc) is 2.61. The fourth-order valence-corrected chi connectivity index (χ4v) is 8.57. The Bertz CT molecular complexity index is 395. The van der Waals surface area contributed by atoms with Gasteiger partial charge in [-0.1, -0.05) is 20.8 Å². The van der Waals surface area contributed by atoms with Crippen LogP contribution >= 0.6 is 11.8 Å². The third-order valence-corrected chi connectivity index (χ3v) is 10.2. The molecule has 18 heavy (non-hydrogen) atoms.